The summed E-state index contributed by atoms with van der Waals surface area (Å²) < 4.78 is 4.55. The van der Waals surface area contributed by atoms with Gasteiger partial charge in [0.1, 0.15) is 6.61 Å². The van der Waals surface area contributed by atoms with Crippen molar-refractivity contribution in [1.29, 1.82) is 0 Å². The molecule has 0 saturated carbocycles. The summed E-state index contributed by atoms with van der Waals surface area (Å²) in [5.74, 6) is 0. The van der Waals surface area contributed by atoms with Gasteiger partial charge in [-0.05, 0) is 44.5 Å². The van der Waals surface area contributed by atoms with Gasteiger partial charge in [0.2, 0.25) is 0 Å². The third kappa shape index (κ3) is 13.8. The Hall–Kier alpha value is -0.560. The number of carbonyl (C=O) groups excluding carboxylic acids is 1. The van der Waals surface area contributed by atoms with Crippen LogP contribution in [0.5, 0.6) is 0 Å². The molecule has 1 aliphatic rings. The maximum Gasteiger partial charge on any atom is 0.404 e. The summed E-state index contributed by atoms with van der Waals surface area (Å²) in [4.78, 5) is 10.2. The van der Waals surface area contributed by atoms with Crippen LogP contribution in [0.1, 0.15) is 24.8 Å². The summed E-state index contributed by atoms with van der Waals surface area (Å²) >= 11 is 4.97. The zero-order valence-electron chi connectivity index (χ0n) is 13.7. The Labute approximate surface area is 161 Å². The third-order valence-corrected chi connectivity index (χ3v) is 3.42. The minimum atomic E-state index is -0.770. The van der Waals surface area contributed by atoms with Crippen LogP contribution in [0.3, 0.4) is 0 Å². The summed E-state index contributed by atoms with van der Waals surface area (Å²) in [5.41, 5.74) is 5.55. The molecular formula is C16H28Cl3N3O2. The molecule has 1 aromatic rings. The summed E-state index contributed by atoms with van der Waals surface area (Å²) in [5, 5.41) is 6.85. The minimum Gasteiger partial charge on any atom is -0.449 e. The topological polar surface area (TPSA) is 76.4 Å². The SMILES string of the molecule is Cl.Cl.NCCCN[C@H]1CCCNC1.O=C(Cl)OCc1ccccc1. The molecule has 1 atom stereocenters. The molecule has 4 N–H and O–H groups in total. The second-order valence-corrected chi connectivity index (χ2v) is 5.46. The predicted octanol–water partition coefficient (Wildman–Crippen LogP) is 3.08. The highest BCUT2D eigenvalue weighted by Gasteiger charge is 2.10. The van der Waals surface area contributed by atoms with Gasteiger partial charge in [-0.3, -0.25) is 0 Å². The number of rotatable bonds is 6. The van der Waals surface area contributed by atoms with Crippen molar-refractivity contribution in [2.24, 2.45) is 5.73 Å². The molecule has 5 nitrogen and oxygen atoms in total. The predicted molar refractivity (Wildman–Crippen MR) is 105 cm³/mol. The molecule has 8 heteroatoms. The van der Waals surface area contributed by atoms with E-state index in [-0.39, 0.29) is 31.4 Å². The largest absolute Gasteiger partial charge is 0.449 e. The van der Waals surface area contributed by atoms with E-state index >= 15 is 0 Å². The molecule has 0 aliphatic carbocycles. The lowest BCUT2D eigenvalue weighted by atomic mass is 10.1. The first kappa shape index (κ1) is 25.7. The van der Waals surface area contributed by atoms with Crippen molar-refractivity contribution in [2.75, 3.05) is 26.2 Å². The molecule has 0 unspecified atom stereocenters. The van der Waals surface area contributed by atoms with Gasteiger partial charge in [-0.25, -0.2) is 4.79 Å². The number of carbonyl (C=O) groups is 1. The summed E-state index contributed by atoms with van der Waals surface area (Å²) in [6.07, 6.45) is 3.72. The monoisotopic (exact) mass is 399 g/mol. The molecule has 1 heterocycles. The zero-order valence-corrected chi connectivity index (χ0v) is 16.1. The average molecular weight is 401 g/mol. The lowest BCUT2D eigenvalue weighted by molar-refractivity contribution is 0.167. The fraction of sp³-hybridized carbons (Fsp3) is 0.562. The Morgan fingerprint density at radius 3 is 2.58 bits per heavy atom. The van der Waals surface area contributed by atoms with Gasteiger partial charge in [-0.2, -0.15) is 0 Å². The van der Waals surface area contributed by atoms with Crippen LogP contribution in [0.4, 0.5) is 4.79 Å². The van der Waals surface area contributed by atoms with Gasteiger partial charge in [-0.15, -0.1) is 24.8 Å². The van der Waals surface area contributed by atoms with Crippen LogP contribution in [0.15, 0.2) is 30.3 Å². The van der Waals surface area contributed by atoms with E-state index in [1.807, 2.05) is 30.3 Å². The number of halogens is 3. The molecule has 1 aliphatic heterocycles. The van der Waals surface area contributed by atoms with Crippen molar-refractivity contribution in [2.45, 2.75) is 31.9 Å². The van der Waals surface area contributed by atoms with Gasteiger partial charge in [-0.1, -0.05) is 30.3 Å². The second-order valence-electron chi connectivity index (χ2n) is 5.15. The highest BCUT2D eigenvalue weighted by molar-refractivity contribution is 6.61. The van der Waals surface area contributed by atoms with E-state index in [4.69, 9.17) is 17.3 Å². The molecule has 0 bridgehead atoms. The number of nitrogens with two attached hydrogens (primary N) is 1. The number of hydrogen-bond donors (Lipinski definition) is 3. The van der Waals surface area contributed by atoms with Crippen LogP contribution in [0, 0.1) is 0 Å². The van der Waals surface area contributed by atoms with Crippen LogP contribution in [-0.4, -0.2) is 37.6 Å². The quantitative estimate of drug-likeness (QED) is 0.505. The molecular weight excluding hydrogens is 373 g/mol. The number of piperidine rings is 1. The van der Waals surface area contributed by atoms with E-state index in [0.29, 0.717) is 6.04 Å². The Bertz CT molecular complexity index is 405. The van der Waals surface area contributed by atoms with Crippen molar-refractivity contribution in [3.05, 3.63) is 35.9 Å². The first-order valence-corrected chi connectivity index (χ1v) is 8.10. The van der Waals surface area contributed by atoms with Gasteiger partial charge in [0.25, 0.3) is 0 Å². The van der Waals surface area contributed by atoms with Crippen molar-refractivity contribution in [1.82, 2.24) is 10.6 Å². The minimum absolute atomic E-state index is 0. The number of ether oxygens (including phenoxy) is 1. The molecule has 1 saturated heterocycles. The summed E-state index contributed by atoms with van der Waals surface area (Å²) in [6.45, 7) is 4.43. The van der Waals surface area contributed by atoms with Gasteiger partial charge >= 0.3 is 5.43 Å². The molecule has 1 fully saturated rings. The van der Waals surface area contributed by atoms with E-state index in [0.717, 1.165) is 31.6 Å². The standard InChI is InChI=1S/C8H7ClO2.C8H19N3.2ClH/c9-8(10)11-6-7-4-2-1-3-5-7;9-4-2-6-11-8-3-1-5-10-7-8;;/h1-5H,6H2;8,10-11H,1-7,9H2;2*1H/t;8-;;/m.0../s1. The van der Waals surface area contributed by atoms with Crippen molar-refractivity contribution in [3.8, 4) is 0 Å². The van der Waals surface area contributed by atoms with Crippen LogP contribution in [-0.2, 0) is 11.3 Å². The lowest BCUT2D eigenvalue weighted by Gasteiger charge is -2.23. The number of hydrogen-bond acceptors (Lipinski definition) is 5. The van der Waals surface area contributed by atoms with Crippen LogP contribution in [0.2, 0.25) is 0 Å². The van der Waals surface area contributed by atoms with E-state index < -0.39 is 5.43 Å². The average Bonchev–Trinajstić information content (AvgIpc) is 2.56. The van der Waals surface area contributed by atoms with Gasteiger partial charge in [0.05, 0.1) is 0 Å². The second kappa shape index (κ2) is 17.3. The van der Waals surface area contributed by atoms with E-state index in [2.05, 4.69) is 15.4 Å². The Morgan fingerprint density at radius 1 is 1.33 bits per heavy atom. The van der Waals surface area contributed by atoms with Crippen molar-refractivity contribution >= 4 is 41.8 Å². The van der Waals surface area contributed by atoms with Crippen LogP contribution < -0.4 is 16.4 Å². The van der Waals surface area contributed by atoms with Crippen LogP contribution in [0.25, 0.3) is 0 Å². The number of benzene rings is 1. The summed E-state index contributed by atoms with van der Waals surface area (Å²) in [7, 11) is 0. The maximum atomic E-state index is 10.2. The Balaban J connectivity index is 0. The fourth-order valence-electron chi connectivity index (χ4n) is 2.15. The maximum absolute atomic E-state index is 10.2. The molecule has 0 aromatic heterocycles. The van der Waals surface area contributed by atoms with E-state index in [1.165, 1.54) is 19.4 Å². The summed E-state index contributed by atoms with van der Waals surface area (Å²) in [6, 6.07) is 10.1. The smallest absolute Gasteiger partial charge is 0.404 e. The van der Waals surface area contributed by atoms with E-state index in [1.54, 1.807) is 0 Å². The van der Waals surface area contributed by atoms with E-state index in [9.17, 15) is 4.79 Å². The van der Waals surface area contributed by atoms with Gasteiger partial charge in [0.15, 0.2) is 0 Å². The normalized spacial score (nSPS) is 15.8. The van der Waals surface area contributed by atoms with Crippen molar-refractivity contribution in [3.63, 3.8) is 0 Å². The van der Waals surface area contributed by atoms with Gasteiger partial charge in [0, 0.05) is 24.2 Å². The first-order valence-electron chi connectivity index (χ1n) is 7.72. The molecule has 0 radical (unpaired) electrons. The van der Waals surface area contributed by atoms with Crippen LogP contribution >= 0.6 is 36.4 Å². The third-order valence-electron chi connectivity index (χ3n) is 3.31. The number of nitrogens with one attached hydrogen (secondary N) is 2. The molecule has 2 rings (SSSR count). The van der Waals surface area contributed by atoms with Gasteiger partial charge < -0.3 is 21.1 Å². The highest BCUT2D eigenvalue weighted by atomic mass is 35.5. The highest BCUT2D eigenvalue weighted by Crippen LogP contribution is 2.02. The Kier molecular flexibility index (Phi) is 18.5. The Morgan fingerprint density at radius 2 is 2.04 bits per heavy atom. The molecule has 1 aromatic carbocycles. The first-order chi connectivity index (χ1) is 10.7. The lowest BCUT2D eigenvalue weighted by Crippen LogP contribution is -2.43. The molecule has 0 amide bonds. The molecule has 24 heavy (non-hydrogen) atoms. The molecule has 0 spiro atoms. The van der Waals surface area contributed by atoms with Crippen molar-refractivity contribution < 1.29 is 9.53 Å². The zero-order chi connectivity index (χ0) is 16.0. The fourth-order valence-corrected chi connectivity index (χ4v) is 2.20. The molecule has 140 valence electrons.